The molecule has 3 aromatic heterocycles. The second kappa shape index (κ2) is 9.58. The lowest BCUT2D eigenvalue weighted by Gasteiger charge is -2.11. The molecule has 0 atom stereocenters. The number of amides is 1. The van der Waals surface area contributed by atoms with Crippen LogP contribution in [0.15, 0.2) is 97.6 Å². The summed E-state index contributed by atoms with van der Waals surface area (Å²) in [5, 5.41) is 2.97. The van der Waals surface area contributed by atoms with Gasteiger partial charge in [-0.2, -0.15) is 0 Å². The number of aryl methyl sites for hydroxylation is 1. The van der Waals surface area contributed by atoms with E-state index < -0.39 is 0 Å². The van der Waals surface area contributed by atoms with Crippen molar-refractivity contribution in [2.24, 2.45) is 0 Å². The zero-order valence-electron chi connectivity index (χ0n) is 18.8. The predicted molar refractivity (Wildman–Crippen MR) is 132 cm³/mol. The van der Waals surface area contributed by atoms with Gasteiger partial charge in [0.05, 0.1) is 11.3 Å². The largest absolute Gasteiger partial charge is 0.486 e. The highest BCUT2D eigenvalue weighted by Gasteiger charge is 2.13. The molecule has 0 unspecified atom stereocenters. The van der Waals surface area contributed by atoms with Crippen LogP contribution >= 0.6 is 0 Å². The lowest BCUT2D eigenvalue weighted by atomic mass is 10.1. The number of nitrogens with one attached hydrogen (secondary N) is 1. The van der Waals surface area contributed by atoms with E-state index in [4.69, 9.17) is 4.74 Å². The molecule has 1 N–H and O–H groups in total. The second-order valence-electron chi connectivity index (χ2n) is 8.12. The lowest BCUT2D eigenvalue weighted by Crippen LogP contribution is -2.13. The molecule has 0 bridgehead atoms. The van der Waals surface area contributed by atoms with Gasteiger partial charge in [-0.1, -0.05) is 30.3 Å². The number of para-hydroxylation sites is 1. The molecule has 6 heteroatoms. The van der Waals surface area contributed by atoms with Gasteiger partial charge in [-0.15, -0.1) is 0 Å². The first-order valence-corrected chi connectivity index (χ1v) is 11.1. The Hall–Kier alpha value is -4.45. The quantitative estimate of drug-likeness (QED) is 0.359. The number of hydrogen-bond acceptors (Lipinski definition) is 4. The summed E-state index contributed by atoms with van der Waals surface area (Å²) in [6, 6.07) is 23.1. The first kappa shape index (κ1) is 21.4. The first-order valence-electron chi connectivity index (χ1n) is 11.1. The number of fused-ring (bicyclic) bond motifs is 1. The van der Waals surface area contributed by atoms with E-state index in [0.717, 1.165) is 34.6 Å². The minimum Gasteiger partial charge on any atom is -0.486 e. The normalized spacial score (nSPS) is 10.9. The smallest absolute Gasteiger partial charge is 0.259 e. The van der Waals surface area contributed by atoms with Crippen molar-refractivity contribution >= 4 is 17.2 Å². The molecule has 5 rings (SSSR count). The number of nitrogens with zero attached hydrogens (tertiary/aromatic N) is 3. The summed E-state index contributed by atoms with van der Waals surface area (Å²) in [7, 11) is 0. The van der Waals surface area contributed by atoms with Crippen molar-refractivity contribution in [3.63, 3.8) is 0 Å². The number of carbonyl (C=O) groups excluding carboxylic acids is 1. The predicted octanol–water partition coefficient (Wildman–Crippen LogP) is 5.46. The van der Waals surface area contributed by atoms with E-state index in [2.05, 4.69) is 15.3 Å². The summed E-state index contributed by atoms with van der Waals surface area (Å²) in [6.45, 7) is 2.30. The van der Waals surface area contributed by atoms with Crippen LogP contribution in [0.5, 0.6) is 5.75 Å². The van der Waals surface area contributed by atoms with Crippen LogP contribution in [0.4, 0.5) is 5.69 Å². The van der Waals surface area contributed by atoms with E-state index in [1.165, 1.54) is 5.56 Å². The Balaban J connectivity index is 1.26. The van der Waals surface area contributed by atoms with Crippen molar-refractivity contribution in [3.8, 4) is 5.75 Å². The van der Waals surface area contributed by atoms with Crippen LogP contribution in [0.2, 0.25) is 0 Å². The molecule has 3 heterocycles. The van der Waals surface area contributed by atoms with Gasteiger partial charge in [0.2, 0.25) is 0 Å². The van der Waals surface area contributed by atoms with Crippen LogP contribution in [0.1, 0.15) is 32.7 Å². The molecular formula is C28H24N4O2. The van der Waals surface area contributed by atoms with E-state index in [9.17, 15) is 4.79 Å². The van der Waals surface area contributed by atoms with Gasteiger partial charge in [-0.05, 0) is 72.5 Å². The highest BCUT2D eigenvalue weighted by atomic mass is 16.5. The van der Waals surface area contributed by atoms with E-state index >= 15 is 0 Å². The SMILES string of the molecule is Cc1cccn2cc(COc3ccccc3C(=O)Nc3ccc(Cc4ccncc4)cc3)nc12. The summed E-state index contributed by atoms with van der Waals surface area (Å²) in [5.41, 5.74) is 6.36. The number of imidazole rings is 1. The fourth-order valence-electron chi connectivity index (χ4n) is 3.85. The number of aromatic nitrogens is 3. The molecule has 168 valence electrons. The Morgan fingerprint density at radius 3 is 2.50 bits per heavy atom. The molecule has 0 fully saturated rings. The molecule has 0 aliphatic carbocycles. The maximum Gasteiger partial charge on any atom is 0.259 e. The van der Waals surface area contributed by atoms with Gasteiger partial charge in [-0.3, -0.25) is 9.78 Å². The first-order chi connectivity index (χ1) is 16.7. The van der Waals surface area contributed by atoms with E-state index in [1.807, 2.05) is 84.4 Å². The van der Waals surface area contributed by atoms with Gasteiger partial charge in [0, 0.05) is 30.5 Å². The third kappa shape index (κ3) is 4.81. The minimum absolute atomic E-state index is 0.219. The molecule has 0 saturated carbocycles. The second-order valence-corrected chi connectivity index (χ2v) is 8.12. The van der Waals surface area contributed by atoms with Crippen molar-refractivity contribution < 1.29 is 9.53 Å². The number of benzene rings is 2. The number of hydrogen-bond donors (Lipinski definition) is 1. The van der Waals surface area contributed by atoms with Crippen molar-refractivity contribution in [3.05, 3.63) is 126 Å². The Morgan fingerprint density at radius 1 is 0.941 bits per heavy atom. The third-order valence-corrected chi connectivity index (χ3v) is 5.60. The average Bonchev–Trinajstić information content (AvgIpc) is 3.29. The molecule has 5 aromatic rings. The monoisotopic (exact) mass is 448 g/mol. The zero-order chi connectivity index (χ0) is 23.3. The van der Waals surface area contributed by atoms with Crippen molar-refractivity contribution in [1.82, 2.24) is 14.4 Å². The third-order valence-electron chi connectivity index (χ3n) is 5.60. The zero-order valence-corrected chi connectivity index (χ0v) is 18.8. The Labute approximate surface area is 197 Å². The number of carbonyl (C=O) groups is 1. The summed E-state index contributed by atoms with van der Waals surface area (Å²) in [5.74, 6) is 0.298. The van der Waals surface area contributed by atoms with E-state index in [0.29, 0.717) is 11.3 Å². The van der Waals surface area contributed by atoms with Gasteiger partial charge in [0.1, 0.15) is 18.0 Å². The van der Waals surface area contributed by atoms with E-state index in [-0.39, 0.29) is 12.5 Å². The molecule has 0 aliphatic rings. The lowest BCUT2D eigenvalue weighted by molar-refractivity contribution is 0.102. The standard InChI is InChI=1S/C28H24N4O2/c1-20-5-4-16-32-18-24(30-27(20)32)19-34-26-7-3-2-6-25(26)28(33)31-23-10-8-21(9-11-23)17-22-12-14-29-15-13-22/h2-16,18H,17,19H2,1H3,(H,31,33). The maximum absolute atomic E-state index is 13.0. The molecule has 6 nitrogen and oxygen atoms in total. The highest BCUT2D eigenvalue weighted by Crippen LogP contribution is 2.22. The van der Waals surface area contributed by atoms with Gasteiger partial charge < -0.3 is 14.5 Å². The van der Waals surface area contributed by atoms with Crippen LogP contribution in [0.3, 0.4) is 0 Å². The van der Waals surface area contributed by atoms with Gasteiger partial charge in [-0.25, -0.2) is 4.98 Å². The fraction of sp³-hybridized carbons (Fsp3) is 0.107. The molecule has 0 spiro atoms. The summed E-state index contributed by atoms with van der Waals surface area (Å²) >= 11 is 0. The number of pyridine rings is 2. The number of anilines is 1. The average molecular weight is 449 g/mol. The van der Waals surface area contributed by atoms with Crippen molar-refractivity contribution in [1.29, 1.82) is 0 Å². The minimum atomic E-state index is -0.219. The number of rotatable bonds is 7. The van der Waals surface area contributed by atoms with Crippen molar-refractivity contribution in [2.45, 2.75) is 20.0 Å². The summed E-state index contributed by atoms with van der Waals surface area (Å²) in [4.78, 5) is 21.7. The molecule has 2 aromatic carbocycles. The molecule has 0 saturated heterocycles. The highest BCUT2D eigenvalue weighted by molar-refractivity contribution is 6.06. The van der Waals surface area contributed by atoms with Gasteiger partial charge in [0.15, 0.2) is 0 Å². The van der Waals surface area contributed by atoms with Crippen LogP contribution in [-0.2, 0) is 13.0 Å². The van der Waals surface area contributed by atoms with E-state index in [1.54, 1.807) is 24.5 Å². The van der Waals surface area contributed by atoms with Gasteiger partial charge in [0.25, 0.3) is 5.91 Å². The summed E-state index contributed by atoms with van der Waals surface area (Å²) in [6.07, 6.45) is 8.30. The van der Waals surface area contributed by atoms with Crippen LogP contribution in [0.25, 0.3) is 5.65 Å². The topological polar surface area (TPSA) is 68.5 Å². The Kier molecular flexibility index (Phi) is 6.03. The molecule has 1 amide bonds. The Bertz CT molecular complexity index is 1430. The van der Waals surface area contributed by atoms with Crippen molar-refractivity contribution in [2.75, 3.05) is 5.32 Å². The van der Waals surface area contributed by atoms with Gasteiger partial charge >= 0.3 is 0 Å². The maximum atomic E-state index is 13.0. The molecule has 0 radical (unpaired) electrons. The van der Waals surface area contributed by atoms with Crippen LogP contribution in [0, 0.1) is 6.92 Å². The van der Waals surface area contributed by atoms with Crippen LogP contribution < -0.4 is 10.1 Å². The summed E-state index contributed by atoms with van der Waals surface area (Å²) < 4.78 is 7.97. The fourth-order valence-corrected chi connectivity index (χ4v) is 3.85. The molecule has 0 aliphatic heterocycles. The van der Waals surface area contributed by atoms with Crippen LogP contribution in [-0.4, -0.2) is 20.3 Å². The molecular weight excluding hydrogens is 424 g/mol. The number of ether oxygens (including phenoxy) is 1. The molecule has 34 heavy (non-hydrogen) atoms. The Morgan fingerprint density at radius 2 is 1.71 bits per heavy atom.